The second-order valence-electron chi connectivity index (χ2n) is 5.33. The fourth-order valence-corrected chi connectivity index (χ4v) is 2.63. The summed E-state index contributed by atoms with van der Waals surface area (Å²) in [5, 5.41) is 7.23. The summed E-state index contributed by atoms with van der Waals surface area (Å²) in [6.07, 6.45) is 2.34. The van der Waals surface area contributed by atoms with Gasteiger partial charge in [0.15, 0.2) is 17.3 Å². The third-order valence-corrected chi connectivity index (χ3v) is 4.14. The zero-order valence-corrected chi connectivity index (χ0v) is 13.9. The maximum atomic E-state index is 12.8. The minimum Gasteiger partial charge on any atom is -0.465 e. The molecule has 0 radical (unpaired) electrons. The number of methoxy groups -OCH3 is 3. The van der Waals surface area contributed by atoms with Crippen LogP contribution in [0.5, 0.6) is 0 Å². The molecule has 2 aromatic heterocycles. The van der Waals surface area contributed by atoms with Crippen molar-refractivity contribution in [3.05, 3.63) is 46.2 Å². The molecule has 0 fully saturated rings. The lowest BCUT2D eigenvalue weighted by Crippen LogP contribution is -2.29. The first-order chi connectivity index (χ1) is 11.9. The van der Waals surface area contributed by atoms with Crippen LogP contribution in [0.2, 0.25) is 0 Å². The molecule has 0 N–H and O–H groups in total. The van der Waals surface area contributed by atoms with Gasteiger partial charge in [0.1, 0.15) is 5.56 Å². The quantitative estimate of drug-likeness (QED) is 0.505. The Morgan fingerprint density at radius 3 is 2.12 bits per heavy atom. The number of aromatic nitrogens is 2. The Balaban J connectivity index is 2.35. The van der Waals surface area contributed by atoms with Crippen LogP contribution in [0.1, 0.15) is 55.1 Å². The smallest absolute Gasteiger partial charge is 0.342 e. The molecule has 0 saturated heterocycles. The van der Waals surface area contributed by atoms with Crippen molar-refractivity contribution in [2.24, 2.45) is 0 Å². The van der Waals surface area contributed by atoms with E-state index in [0.717, 1.165) is 13.3 Å². The highest BCUT2D eigenvalue weighted by Crippen LogP contribution is 2.39. The fraction of sp³-hybridized carbons (Fsp3) is 0.312. The van der Waals surface area contributed by atoms with Crippen molar-refractivity contribution in [2.45, 2.75) is 12.7 Å². The molecule has 0 bridgehead atoms. The molecule has 0 spiro atoms. The first-order valence-electron chi connectivity index (χ1n) is 7.15. The van der Waals surface area contributed by atoms with Crippen LogP contribution in [0.4, 0.5) is 0 Å². The molecule has 0 amide bonds. The van der Waals surface area contributed by atoms with E-state index in [9.17, 15) is 14.4 Å². The van der Waals surface area contributed by atoms with Crippen molar-refractivity contribution in [3.63, 3.8) is 0 Å². The second-order valence-corrected chi connectivity index (χ2v) is 5.33. The van der Waals surface area contributed by atoms with Gasteiger partial charge in [-0.25, -0.2) is 4.79 Å². The Labute approximate surface area is 141 Å². The van der Waals surface area contributed by atoms with E-state index in [1.54, 1.807) is 0 Å². The Morgan fingerprint density at radius 1 is 1.04 bits per heavy atom. The summed E-state index contributed by atoms with van der Waals surface area (Å²) in [7, 11) is 3.81. The van der Waals surface area contributed by atoms with E-state index in [2.05, 4.69) is 10.2 Å². The lowest BCUT2D eigenvalue weighted by atomic mass is 9.88. The van der Waals surface area contributed by atoms with Crippen LogP contribution in [-0.4, -0.2) is 49.1 Å². The van der Waals surface area contributed by atoms with Gasteiger partial charge >= 0.3 is 5.97 Å². The summed E-state index contributed by atoms with van der Waals surface area (Å²) in [5.41, 5.74) is -0.348. The largest absolute Gasteiger partial charge is 0.465 e. The monoisotopic (exact) mass is 346 g/mol. The van der Waals surface area contributed by atoms with Crippen molar-refractivity contribution in [2.75, 3.05) is 21.3 Å². The fourth-order valence-electron chi connectivity index (χ4n) is 2.63. The number of carbonyl (C=O) groups excluding carboxylic acids is 3. The molecular formula is C16H14N2O7. The number of ketones is 2. The van der Waals surface area contributed by atoms with Gasteiger partial charge in [0.2, 0.25) is 11.6 Å². The first kappa shape index (κ1) is 16.9. The van der Waals surface area contributed by atoms with E-state index in [1.807, 2.05) is 0 Å². The molecule has 0 aliphatic heterocycles. The number of ether oxygens (including phenoxy) is 3. The van der Waals surface area contributed by atoms with Crippen LogP contribution in [-0.2, 0) is 20.0 Å². The molecule has 1 aliphatic rings. The molecule has 25 heavy (non-hydrogen) atoms. The maximum absolute atomic E-state index is 12.8. The van der Waals surface area contributed by atoms with Crippen LogP contribution in [0.25, 0.3) is 0 Å². The van der Waals surface area contributed by atoms with Gasteiger partial charge < -0.3 is 18.6 Å². The molecule has 9 heteroatoms. The SMILES string of the molecule is COC(=O)c1c(C(C)(OC)OC)oc2c1C(=O)c1cnncc1C2=O. The standard InChI is InChI=1S/C16H14N2O7/c1-16(23-3,24-4)14-10(15(21)22-2)9-11(19)7-5-17-18-6-8(7)12(20)13(9)25-14/h5-6H,1-4H3. The van der Waals surface area contributed by atoms with Crippen molar-refractivity contribution < 1.29 is 33.0 Å². The van der Waals surface area contributed by atoms with E-state index in [4.69, 9.17) is 18.6 Å². The van der Waals surface area contributed by atoms with E-state index in [0.29, 0.717) is 0 Å². The minimum atomic E-state index is -1.51. The summed E-state index contributed by atoms with van der Waals surface area (Å²) >= 11 is 0. The maximum Gasteiger partial charge on any atom is 0.342 e. The zero-order valence-electron chi connectivity index (χ0n) is 13.9. The van der Waals surface area contributed by atoms with Gasteiger partial charge in [-0.2, -0.15) is 10.2 Å². The molecule has 9 nitrogen and oxygen atoms in total. The van der Waals surface area contributed by atoms with Crippen molar-refractivity contribution in [3.8, 4) is 0 Å². The Hall–Kier alpha value is -2.91. The van der Waals surface area contributed by atoms with E-state index in [1.165, 1.54) is 27.3 Å². The van der Waals surface area contributed by atoms with Crippen molar-refractivity contribution in [1.29, 1.82) is 0 Å². The lowest BCUT2D eigenvalue weighted by Gasteiger charge is -2.24. The van der Waals surface area contributed by atoms with Crippen LogP contribution in [0.3, 0.4) is 0 Å². The van der Waals surface area contributed by atoms with Crippen molar-refractivity contribution in [1.82, 2.24) is 10.2 Å². The van der Waals surface area contributed by atoms with Crippen LogP contribution in [0, 0.1) is 0 Å². The molecule has 130 valence electrons. The van der Waals surface area contributed by atoms with E-state index in [-0.39, 0.29) is 33.8 Å². The molecule has 0 saturated carbocycles. The summed E-state index contributed by atoms with van der Waals surface area (Å²) in [5.74, 6) is -3.97. The number of furan rings is 1. The first-order valence-corrected chi connectivity index (χ1v) is 7.15. The Bertz CT molecular complexity index is 896. The molecule has 2 aromatic rings. The molecule has 0 aromatic carbocycles. The Morgan fingerprint density at radius 2 is 1.60 bits per heavy atom. The summed E-state index contributed by atoms with van der Waals surface area (Å²) in [4.78, 5) is 37.9. The molecular weight excluding hydrogens is 332 g/mol. The lowest BCUT2D eigenvalue weighted by molar-refractivity contribution is -0.213. The average Bonchev–Trinajstić information content (AvgIpc) is 3.06. The Kier molecular flexibility index (Phi) is 3.97. The van der Waals surface area contributed by atoms with Gasteiger partial charge in [0, 0.05) is 14.2 Å². The molecule has 0 atom stereocenters. The van der Waals surface area contributed by atoms with Gasteiger partial charge in [-0.3, -0.25) is 9.59 Å². The van der Waals surface area contributed by atoms with Gasteiger partial charge in [-0.1, -0.05) is 0 Å². The van der Waals surface area contributed by atoms with E-state index < -0.39 is 23.3 Å². The summed E-state index contributed by atoms with van der Waals surface area (Å²) in [6.45, 7) is 1.48. The predicted molar refractivity (Wildman–Crippen MR) is 80.3 cm³/mol. The molecule has 3 rings (SSSR count). The summed E-state index contributed by atoms with van der Waals surface area (Å²) < 4.78 is 20.9. The number of rotatable bonds is 4. The normalized spacial score (nSPS) is 13.4. The summed E-state index contributed by atoms with van der Waals surface area (Å²) in [6, 6.07) is 0. The third-order valence-electron chi connectivity index (χ3n) is 4.14. The highest BCUT2D eigenvalue weighted by atomic mass is 16.7. The van der Waals surface area contributed by atoms with Gasteiger partial charge in [-0.15, -0.1) is 0 Å². The molecule has 0 unspecified atom stereocenters. The molecule has 2 heterocycles. The van der Waals surface area contributed by atoms with Crippen LogP contribution < -0.4 is 0 Å². The van der Waals surface area contributed by atoms with Crippen LogP contribution >= 0.6 is 0 Å². The third kappa shape index (κ3) is 2.28. The zero-order chi connectivity index (χ0) is 18.4. The highest BCUT2D eigenvalue weighted by molar-refractivity contribution is 6.29. The number of fused-ring (bicyclic) bond motifs is 2. The average molecular weight is 346 g/mol. The number of esters is 1. The van der Waals surface area contributed by atoms with Gasteiger partial charge in [0.25, 0.3) is 0 Å². The number of nitrogens with zero attached hydrogens (tertiary/aromatic N) is 2. The molecule has 1 aliphatic carbocycles. The highest BCUT2D eigenvalue weighted by Gasteiger charge is 2.45. The van der Waals surface area contributed by atoms with Crippen LogP contribution in [0.15, 0.2) is 16.8 Å². The minimum absolute atomic E-state index is 0.0292. The predicted octanol–water partition coefficient (Wildman–Crippen LogP) is 1.10. The number of hydrogen-bond donors (Lipinski definition) is 0. The second kappa shape index (κ2) is 5.87. The van der Waals surface area contributed by atoms with Gasteiger partial charge in [-0.05, 0) is 6.92 Å². The topological polar surface area (TPSA) is 118 Å². The van der Waals surface area contributed by atoms with Crippen molar-refractivity contribution >= 4 is 17.5 Å². The van der Waals surface area contributed by atoms with Gasteiger partial charge in [0.05, 0.1) is 36.2 Å². The van der Waals surface area contributed by atoms with E-state index >= 15 is 0 Å². The number of hydrogen-bond acceptors (Lipinski definition) is 9. The number of carbonyl (C=O) groups is 3.